The van der Waals surface area contributed by atoms with Crippen LogP contribution in [-0.4, -0.2) is 51.3 Å². The summed E-state index contributed by atoms with van der Waals surface area (Å²) in [6, 6.07) is 6.98. The summed E-state index contributed by atoms with van der Waals surface area (Å²) in [7, 11) is 0. The van der Waals surface area contributed by atoms with E-state index in [0.29, 0.717) is 49.4 Å². The maximum Gasteiger partial charge on any atom is 0.252 e. The van der Waals surface area contributed by atoms with E-state index >= 15 is 0 Å². The lowest BCUT2D eigenvalue weighted by atomic mass is 10.2. The van der Waals surface area contributed by atoms with Crippen molar-refractivity contribution in [3.63, 3.8) is 0 Å². The highest BCUT2D eigenvalue weighted by Crippen LogP contribution is 2.14. The Morgan fingerprint density at radius 3 is 2.54 bits per heavy atom. The summed E-state index contributed by atoms with van der Waals surface area (Å²) >= 11 is 5.99. The average molecular weight is 469 g/mol. The molecule has 0 radical (unpaired) electrons. The van der Waals surface area contributed by atoms with Crippen molar-refractivity contribution in [2.75, 3.05) is 39.4 Å². The van der Waals surface area contributed by atoms with Crippen LogP contribution in [0.25, 0.3) is 0 Å². The molecule has 1 rings (SSSR count). The number of benzene rings is 1. The van der Waals surface area contributed by atoms with Crippen LogP contribution in [0.5, 0.6) is 0 Å². The third kappa shape index (κ3) is 9.29. The smallest absolute Gasteiger partial charge is 0.252 e. The molecule has 0 aliphatic carbocycles. The second-order valence-corrected chi connectivity index (χ2v) is 5.03. The molecule has 0 aromatic heterocycles. The van der Waals surface area contributed by atoms with Crippen LogP contribution in [0.3, 0.4) is 0 Å². The highest BCUT2D eigenvalue weighted by atomic mass is 127. The molecule has 1 aromatic carbocycles. The van der Waals surface area contributed by atoms with Gasteiger partial charge in [-0.2, -0.15) is 0 Å². The predicted octanol–water partition coefficient (Wildman–Crippen LogP) is 2.28. The molecule has 0 atom stereocenters. The fourth-order valence-electron chi connectivity index (χ4n) is 1.81. The summed E-state index contributed by atoms with van der Waals surface area (Å²) in [5.41, 5.74) is 0.478. The van der Waals surface area contributed by atoms with Gasteiger partial charge in [-0.1, -0.05) is 23.7 Å². The van der Waals surface area contributed by atoms with Crippen molar-refractivity contribution in [2.45, 2.75) is 13.8 Å². The Balaban J connectivity index is 0.00000529. The van der Waals surface area contributed by atoms with E-state index in [9.17, 15) is 4.79 Å². The zero-order valence-electron chi connectivity index (χ0n) is 14.1. The quantitative estimate of drug-likeness (QED) is 0.225. The van der Waals surface area contributed by atoms with Gasteiger partial charge in [-0.15, -0.1) is 24.0 Å². The van der Waals surface area contributed by atoms with E-state index in [2.05, 4.69) is 20.9 Å². The Hall–Kier alpha value is -1.06. The Morgan fingerprint density at radius 1 is 1.17 bits per heavy atom. The van der Waals surface area contributed by atoms with Gasteiger partial charge < -0.3 is 20.7 Å². The fraction of sp³-hybridized carbons (Fsp3) is 0.500. The largest absolute Gasteiger partial charge is 0.380 e. The molecular weight excluding hydrogens is 443 g/mol. The second-order valence-electron chi connectivity index (χ2n) is 4.62. The normalized spacial score (nSPS) is 10.7. The summed E-state index contributed by atoms with van der Waals surface area (Å²) in [5.74, 6) is 0.523. The number of amides is 1. The van der Waals surface area contributed by atoms with Gasteiger partial charge in [0.25, 0.3) is 5.91 Å². The van der Waals surface area contributed by atoms with E-state index in [1.54, 1.807) is 24.3 Å². The number of aliphatic imine (C=N–C) groups is 1. The fourth-order valence-corrected chi connectivity index (χ4v) is 2.03. The van der Waals surface area contributed by atoms with Gasteiger partial charge >= 0.3 is 0 Å². The van der Waals surface area contributed by atoms with Crippen LogP contribution in [0.4, 0.5) is 0 Å². The monoisotopic (exact) mass is 468 g/mol. The van der Waals surface area contributed by atoms with Crippen LogP contribution in [0, 0.1) is 0 Å². The van der Waals surface area contributed by atoms with E-state index in [1.165, 1.54) is 0 Å². The first-order valence-electron chi connectivity index (χ1n) is 7.81. The molecule has 0 heterocycles. The lowest BCUT2D eigenvalue weighted by Crippen LogP contribution is -2.41. The minimum absolute atomic E-state index is 0. The standard InChI is InChI=1S/C16H25ClN4O2.HI/c1-3-18-16(21-11-12-23-4-2)20-10-9-19-15(22)13-7-5-6-8-14(13)17;/h5-8H,3-4,9-12H2,1-2H3,(H,19,22)(H2,18,20,21);1H. The molecule has 0 bridgehead atoms. The molecule has 24 heavy (non-hydrogen) atoms. The van der Waals surface area contributed by atoms with Gasteiger partial charge in [-0.05, 0) is 26.0 Å². The van der Waals surface area contributed by atoms with Crippen molar-refractivity contribution in [1.29, 1.82) is 0 Å². The predicted molar refractivity (Wildman–Crippen MR) is 110 cm³/mol. The van der Waals surface area contributed by atoms with Crippen molar-refractivity contribution < 1.29 is 9.53 Å². The summed E-state index contributed by atoms with van der Waals surface area (Å²) in [5, 5.41) is 9.56. The van der Waals surface area contributed by atoms with Gasteiger partial charge in [0.15, 0.2) is 5.96 Å². The highest BCUT2D eigenvalue weighted by molar-refractivity contribution is 14.0. The second kappa shape index (κ2) is 14.3. The van der Waals surface area contributed by atoms with E-state index in [1.807, 2.05) is 13.8 Å². The van der Waals surface area contributed by atoms with Gasteiger partial charge in [0.1, 0.15) is 0 Å². The Morgan fingerprint density at radius 2 is 1.88 bits per heavy atom. The Bertz CT molecular complexity index is 515. The van der Waals surface area contributed by atoms with E-state index in [4.69, 9.17) is 16.3 Å². The third-order valence-corrected chi connectivity index (χ3v) is 3.20. The van der Waals surface area contributed by atoms with Crippen molar-refractivity contribution >= 4 is 47.4 Å². The Labute approximate surface area is 165 Å². The zero-order chi connectivity index (χ0) is 16.9. The molecule has 0 aliphatic rings. The van der Waals surface area contributed by atoms with Crippen molar-refractivity contribution in [2.24, 2.45) is 4.99 Å². The number of rotatable bonds is 9. The van der Waals surface area contributed by atoms with Crippen LogP contribution in [0.1, 0.15) is 24.2 Å². The first-order chi connectivity index (χ1) is 11.2. The van der Waals surface area contributed by atoms with Gasteiger partial charge in [0, 0.05) is 26.2 Å². The van der Waals surface area contributed by atoms with Crippen molar-refractivity contribution in [1.82, 2.24) is 16.0 Å². The number of nitrogens with zero attached hydrogens (tertiary/aromatic N) is 1. The topological polar surface area (TPSA) is 74.8 Å². The minimum Gasteiger partial charge on any atom is -0.380 e. The molecule has 136 valence electrons. The number of hydrogen-bond donors (Lipinski definition) is 3. The minimum atomic E-state index is -0.185. The summed E-state index contributed by atoms with van der Waals surface area (Å²) in [6.07, 6.45) is 0. The number of carbonyl (C=O) groups excluding carboxylic acids is 1. The van der Waals surface area contributed by atoms with E-state index in [-0.39, 0.29) is 29.9 Å². The molecule has 6 nitrogen and oxygen atoms in total. The lowest BCUT2D eigenvalue weighted by Gasteiger charge is -2.12. The molecule has 0 fully saturated rings. The lowest BCUT2D eigenvalue weighted by molar-refractivity contribution is 0.0954. The number of halogens is 2. The van der Waals surface area contributed by atoms with E-state index in [0.717, 1.165) is 6.54 Å². The molecule has 0 saturated heterocycles. The molecule has 1 amide bonds. The van der Waals surface area contributed by atoms with Gasteiger partial charge in [-0.3, -0.25) is 9.79 Å². The maximum absolute atomic E-state index is 12.0. The number of hydrogen-bond acceptors (Lipinski definition) is 3. The van der Waals surface area contributed by atoms with Gasteiger partial charge in [0.2, 0.25) is 0 Å². The molecule has 0 unspecified atom stereocenters. The van der Waals surface area contributed by atoms with Gasteiger partial charge in [-0.25, -0.2) is 0 Å². The van der Waals surface area contributed by atoms with Crippen LogP contribution < -0.4 is 16.0 Å². The van der Waals surface area contributed by atoms with Crippen LogP contribution in [-0.2, 0) is 4.74 Å². The average Bonchev–Trinajstić information content (AvgIpc) is 2.55. The number of nitrogens with one attached hydrogen (secondary N) is 3. The third-order valence-electron chi connectivity index (χ3n) is 2.88. The summed E-state index contributed by atoms with van der Waals surface area (Å²) in [4.78, 5) is 16.4. The molecule has 0 saturated carbocycles. The van der Waals surface area contributed by atoms with Crippen LogP contribution in [0.15, 0.2) is 29.3 Å². The summed E-state index contributed by atoms with van der Waals surface area (Å²) < 4.78 is 5.25. The highest BCUT2D eigenvalue weighted by Gasteiger charge is 2.08. The SMILES string of the molecule is CCNC(=NCCOCC)NCCNC(=O)c1ccccc1Cl.I. The molecule has 0 aliphatic heterocycles. The number of ether oxygens (including phenoxy) is 1. The number of guanidine groups is 1. The van der Waals surface area contributed by atoms with Crippen LogP contribution in [0.2, 0.25) is 5.02 Å². The molecule has 8 heteroatoms. The zero-order valence-corrected chi connectivity index (χ0v) is 17.2. The van der Waals surface area contributed by atoms with Gasteiger partial charge in [0.05, 0.1) is 23.7 Å². The maximum atomic E-state index is 12.0. The van der Waals surface area contributed by atoms with E-state index < -0.39 is 0 Å². The molecule has 3 N–H and O–H groups in total. The molecule has 0 spiro atoms. The first-order valence-corrected chi connectivity index (χ1v) is 8.19. The van der Waals surface area contributed by atoms with Crippen molar-refractivity contribution in [3.05, 3.63) is 34.9 Å². The molecular formula is C16H26ClIN4O2. The number of carbonyl (C=O) groups is 1. The first kappa shape index (κ1) is 22.9. The van der Waals surface area contributed by atoms with Crippen LogP contribution >= 0.6 is 35.6 Å². The van der Waals surface area contributed by atoms with Crippen molar-refractivity contribution in [3.8, 4) is 0 Å². The Kier molecular flexibility index (Phi) is 13.7. The summed E-state index contributed by atoms with van der Waals surface area (Å²) in [6.45, 7) is 7.63. The molecule has 1 aromatic rings.